The van der Waals surface area contributed by atoms with E-state index in [-0.39, 0.29) is 22.6 Å². The molecule has 0 radical (unpaired) electrons. The van der Waals surface area contributed by atoms with Crippen LogP contribution in [0.1, 0.15) is 15.9 Å². The Morgan fingerprint density at radius 2 is 1.76 bits per heavy atom. The highest BCUT2D eigenvalue weighted by molar-refractivity contribution is 7.90. The topological polar surface area (TPSA) is 93.4 Å². The van der Waals surface area contributed by atoms with E-state index in [1.807, 2.05) is 0 Å². The van der Waals surface area contributed by atoms with E-state index in [1.54, 1.807) is 12.1 Å². The highest BCUT2D eigenvalue weighted by Crippen LogP contribution is 2.11. The van der Waals surface area contributed by atoms with Gasteiger partial charge in [0.2, 0.25) is 0 Å². The van der Waals surface area contributed by atoms with Crippen LogP contribution in [-0.2, 0) is 16.4 Å². The molecule has 0 aliphatic heterocycles. The van der Waals surface area contributed by atoms with E-state index in [0.29, 0.717) is 5.56 Å². The number of nitrogens with zero attached hydrogens (tertiary/aromatic N) is 1. The summed E-state index contributed by atoms with van der Waals surface area (Å²) in [6.45, 7) is 0.171. The highest BCUT2D eigenvalue weighted by Gasteiger charge is 2.08. The molecule has 0 aliphatic carbocycles. The van der Waals surface area contributed by atoms with Crippen LogP contribution in [0.15, 0.2) is 52.3 Å². The van der Waals surface area contributed by atoms with Gasteiger partial charge in [-0.2, -0.15) is 0 Å². The number of carboxylic acid groups (broad SMARTS) is 1. The number of carbonyl (C=O) groups is 1. The molecule has 0 saturated heterocycles. The van der Waals surface area contributed by atoms with E-state index >= 15 is 0 Å². The predicted octanol–water partition coefficient (Wildman–Crippen LogP) is 0.998. The molecule has 0 saturated carbocycles. The zero-order valence-electron chi connectivity index (χ0n) is 11.2. The average Bonchev–Trinajstić information content (AvgIpc) is 2.40. The van der Waals surface area contributed by atoms with E-state index in [0.717, 1.165) is 6.26 Å². The van der Waals surface area contributed by atoms with Crippen molar-refractivity contribution in [1.29, 1.82) is 0 Å². The molecular weight excluding hydrogens is 294 g/mol. The fraction of sp³-hybridized carbons (Fsp3) is 0.143. The van der Waals surface area contributed by atoms with Crippen molar-refractivity contribution in [2.24, 2.45) is 0 Å². The van der Waals surface area contributed by atoms with E-state index in [4.69, 9.17) is 5.11 Å². The van der Waals surface area contributed by atoms with Crippen molar-refractivity contribution < 1.29 is 18.3 Å². The SMILES string of the molecule is CS(=O)(=O)c1ccc(Cn2cc(C(=O)O)ccc2=O)cc1. The van der Waals surface area contributed by atoms with Crippen LogP contribution < -0.4 is 5.56 Å². The van der Waals surface area contributed by atoms with Gasteiger partial charge in [0, 0.05) is 18.5 Å². The van der Waals surface area contributed by atoms with Crippen LogP contribution in [0.2, 0.25) is 0 Å². The first-order chi connectivity index (χ1) is 9.77. The Hall–Kier alpha value is -2.41. The highest BCUT2D eigenvalue weighted by atomic mass is 32.2. The number of aromatic nitrogens is 1. The van der Waals surface area contributed by atoms with Gasteiger partial charge in [0.15, 0.2) is 9.84 Å². The summed E-state index contributed by atoms with van der Waals surface area (Å²) in [6.07, 6.45) is 2.37. The summed E-state index contributed by atoms with van der Waals surface area (Å²) >= 11 is 0. The lowest BCUT2D eigenvalue weighted by molar-refractivity contribution is 0.0696. The van der Waals surface area contributed by atoms with Gasteiger partial charge in [-0.15, -0.1) is 0 Å². The molecule has 0 aliphatic rings. The Kier molecular flexibility index (Phi) is 3.95. The zero-order chi connectivity index (χ0) is 15.6. The first-order valence-electron chi connectivity index (χ1n) is 6.00. The number of rotatable bonds is 4. The summed E-state index contributed by atoms with van der Waals surface area (Å²) in [7, 11) is -3.26. The lowest BCUT2D eigenvalue weighted by Crippen LogP contribution is -2.20. The third kappa shape index (κ3) is 3.57. The summed E-state index contributed by atoms with van der Waals surface area (Å²) < 4.78 is 24.0. The molecule has 2 rings (SSSR count). The summed E-state index contributed by atoms with van der Waals surface area (Å²) in [5.74, 6) is -1.11. The van der Waals surface area contributed by atoms with Crippen molar-refractivity contribution in [2.75, 3.05) is 6.26 Å². The van der Waals surface area contributed by atoms with E-state index in [2.05, 4.69) is 0 Å². The van der Waals surface area contributed by atoms with Crippen molar-refractivity contribution in [3.63, 3.8) is 0 Å². The summed E-state index contributed by atoms with van der Waals surface area (Å²) in [4.78, 5) is 22.8. The average molecular weight is 307 g/mol. The third-order valence-electron chi connectivity index (χ3n) is 2.93. The first kappa shape index (κ1) is 15.0. The predicted molar refractivity (Wildman–Crippen MR) is 76.3 cm³/mol. The van der Waals surface area contributed by atoms with Crippen LogP contribution in [0.25, 0.3) is 0 Å². The number of hydrogen-bond donors (Lipinski definition) is 1. The maximum Gasteiger partial charge on any atom is 0.337 e. The van der Waals surface area contributed by atoms with Crippen molar-refractivity contribution in [2.45, 2.75) is 11.4 Å². The zero-order valence-corrected chi connectivity index (χ0v) is 12.0. The monoisotopic (exact) mass is 307 g/mol. The van der Waals surface area contributed by atoms with Crippen LogP contribution in [0, 0.1) is 0 Å². The second-order valence-corrected chi connectivity index (χ2v) is 6.62. The molecular formula is C14H13NO5S. The number of pyridine rings is 1. The van der Waals surface area contributed by atoms with Gasteiger partial charge in [-0.1, -0.05) is 12.1 Å². The number of hydrogen-bond acceptors (Lipinski definition) is 4. The van der Waals surface area contributed by atoms with Crippen LogP contribution in [0.4, 0.5) is 0 Å². The fourth-order valence-electron chi connectivity index (χ4n) is 1.82. The van der Waals surface area contributed by atoms with Crippen molar-refractivity contribution in [3.05, 3.63) is 64.1 Å². The number of aromatic carboxylic acids is 1. The van der Waals surface area contributed by atoms with Gasteiger partial charge in [0.25, 0.3) is 5.56 Å². The molecule has 2 aromatic rings. The van der Waals surface area contributed by atoms with Gasteiger partial charge in [0.05, 0.1) is 17.0 Å². The Balaban J connectivity index is 2.32. The summed E-state index contributed by atoms with van der Waals surface area (Å²) in [5.41, 5.74) is 0.390. The van der Waals surface area contributed by atoms with Gasteiger partial charge in [-0.05, 0) is 23.8 Å². The Morgan fingerprint density at radius 1 is 1.14 bits per heavy atom. The Morgan fingerprint density at radius 3 is 2.29 bits per heavy atom. The van der Waals surface area contributed by atoms with Gasteiger partial charge in [0.1, 0.15) is 0 Å². The molecule has 1 heterocycles. The number of carboxylic acids is 1. The van der Waals surface area contributed by atoms with Crippen LogP contribution in [-0.4, -0.2) is 30.3 Å². The second kappa shape index (κ2) is 5.53. The third-order valence-corrected chi connectivity index (χ3v) is 4.06. The molecule has 0 fully saturated rings. The minimum absolute atomic E-state index is 0.0161. The fourth-order valence-corrected chi connectivity index (χ4v) is 2.45. The quantitative estimate of drug-likeness (QED) is 0.909. The lowest BCUT2D eigenvalue weighted by atomic mass is 10.2. The molecule has 110 valence electrons. The maximum atomic E-state index is 11.7. The molecule has 21 heavy (non-hydrogen) atoms. The molecule has 0 atom stereocenters. The van der Waals surface area contributed by atoms with E-state index in [9.17, 15) is 18.0 Å². The van der Waals surface area contributed by atoms with Crippen molar-refractivity contribution in [1.82, 2.24) is 4.57 Å². The van der Waals surface area contributed by atoms with Crippen LogP contribution >= 0.6 is 0 Å². The summed E-state index contributed by atoms with van der Waals surface area (Å²) in [6, 6.07) is 8.53. The minimum Gasteiger partial charge on any atom is -0.478 e. The molecule has 1 N–H and O–H groups in total. The van der Waals surface area contributed by atoms with Crippen LogP contribution in [0.3, 0.4) is 0 Å². The summed E-state index contributed by atoms with van der Waals surface area (Å²) in [5, 5.41) is 8.91. The lowest BCUT2D eigenvalue weighted by Gasteiger charge is -2.07. The molecule has 0 amide bonds. The molecule has 7 heteroatoms. The molecule has 0 bridgehead atoms. The molecule has 1 aromatic heterocycles. The minimum atomic E-state index is -3.26. The van der Waals surface area contributed by atoms with E-state index < -0.39 is 15.8 Å². The van der Waals surface area contributed by atoms with Gasteiger partial charge in [-0.25, -0.2) is 13.2 Å². The second-order valence-electron chi connectivity index (χ2n) is 4.61. The number of benzene rings is 1. The van der Waals surface area contributed by atoms with Gasteiger partial charge < -0.3 is 9.67 Å². The van der Waals surface area contributed by atoms with Crippen molar-refractivity contribution in [3.8, 4) is 0 Å². The Bertz CT molecular complexity index is 834. The largest absolute Gasteiger partial charge is 0.478 e. The Labute approximate surface area is 121 Å². The smallest absolute Gasteiger partial charge is 0.337 e. The van der Waals surface area contributed by atoms with Crippen molar-refractivity contribution >= 4 is 15.8 Å². The van der Waals surface area contributed by atoms with E-state index in [1.165, 1.54) is 35.0 Å². The normalized spacial score (nSPS) is 11.3. The molecule has 1 aromatic carbocycles. The molecule has 0 unspecified atom stereocenters. The van der Waals surface area contributed by atoms with Crippen LogP contribution in [0.5, 0.6) is 0 Å². The number of sulfone groups is 1. The maximum absolute atomic E-state index is 11.7. The molecule has 6 nitrogen and oxygen atoms in total. The first-order valence-corrected chi connectivity index (χ1v) is 7.89. The molecule has 0 spiro atoms. The van der Waals surface area contributed by atoms with Gasteiger partial charge >= 0.3 is 5.97 Å². The van der Waals surface area contributed by atoms with Gasteiger partial charge in [-0.3, -0.25) is 4.79 Å². The standard InChI is InChI=1S/C14H13NO5S/c1-21(19,20)12-5-2-10(3-6-12)8-15-9-11(14(17)18)4-7-13(15)16/h2-7,9H,8H2,1H3,(H,17,18).